The molecule has 0 aliphatic carbocycles. The SMILES string of the molecule is COc1cc(N=Nc2cc(S(=O)(=O)[O-])cc3cc(S(=O)(=O)[O-])cc(O)c23)c(C)cc1N=Nc1c(S(=O)(=O)[O-])cc2cc(Nc3ccccc3)ccc2c1O. The third kappa shape index (κ3) is 7.83. The average Bonchev–Trinajstić information content (AvgIpc) is 3.09. The van der Waals surface area contributed by atoms with Crippen LogP contribution >= 0.6 is 0 Å². The number of para-hydroxylation sites is 1. The third-order valence-electron chi connectivity index (χ3n) is 7.94. The first-order valence-corrected chi connectivity index (χ1v) is 19.4. The maximum Gasteiger partial charge on any atom is 0.152 e. The lowest BCUT2D eigenvalue weighted by Gasteiger charge is -2.15. The molecule has 6 aromatic rings. The zero-order valence-electron chi connectivity index (χ0n) is 27.7. The molecule has 0 radical (unpaired) electrons. The first-order valence-electron chi connectivity index (χ1n) is 15.2. The van der Waals surface area contributed by atoms with Crippen LogP contribution in [0.3, 0.4) is 0 Å². The Labute approximate surface area is 307 Å². The Morgan fingerprint density at radius 1 is 0.630 bits per heavy atom. The van der Waals surface area contributed by atoms with Crippen molar-refractivity contribution in [2.24, 2.45) is 20.5 Å². The number of methoxy groups -OCH3 is 1. The summed E-state index contributed by atoms with van der Waals surface area (Å²) in [5.74, 6) is -1.41. The second-order valence-corrected chi connectivity index (χ2v) is 15.7. The van der Waals surface area contributed by atoms with E-state index in [0.29, 0.717) is 17.3 Å². The van der Waals surface area contributed by atoms with E-state index in [4.69, 9.17) is 4.74 Å². The van der Waals surface area contributed by atoms with E-state index < -0.39 is 62.2 Å². The van der Waals surface area contributed by atoms with Crippen molar-refractivity contribution in [3.63, 3.8) is 0 Å². The number of nitrogens with zero attached hydrogens (tertiary/aromatic N) is 4. The zero-order valence-corrected chi connectivity index (χ0v) is 30.1. The maximum absolute atomic E-state index is 12.3. The number of azo groups is 2. The second-order valence-electron chi connectivity index (χ2n) is 11.6. The number of anilines is 2. The lowest BCUT2D eigenvalue weighted by Crippen LogP contribution is -2.00. The summed E-state index contributed by atoms with van der Waals surface area (Å²) in [4.78, 5) is -2.58. The molecule has 3 N–H and O–H groups in total. The summed E-state index contributed by atoms with van der Waals surface area (Å²) in [6.07, 6.45) is 0. The Morgan fingerprint density at radius 2 is 1.26 bits per heavy atom. The van der Waals surface area contributed by atoms with E-state index in [1.807, 2.05) is 30.3 Å². The van der Waals surface area contributed by atoms with Crippen molar-refractivity contribution >= 4 is 86.0 Å². The van der Waals surface area contributed by atoms with Crippen molar-refractivity contribution in [3.05, 3.63) is 96.6 Å². The van der Waals surface area contributed by atoms with Gasteiger partial charge < -0.3 is 33.9 Å². The normalized spacial score (nSPS) is 12.6. The van der Waals surface area contributed by atoms with Crippen molar-refractivity contribution in [2.45, 2.75) is 21.6 Å². The van der Waals surface area contributed by atoms with Crippen molar-refractivity contribution in [2.75, 3.05) is 12.4 Å². The summed E-state index contributed by atoms with van der Waals surface area (Å²) < 4.78 is 113. The first-order chi connectivity index (χ1) is 25.3. The Morgan fingerprint density at radius 3 is 1.89 bits per heavy atom. The molecule has 0 spiro atoms. The summed E-state index contributed by atoms with van der Waals surface area (Å²) in [6, 6.07) is 20.5. The molecule has 20 heteroatoms. The molecule has 0 unspecified atom stereocenters. The van der Waals surface area contributed by atoms with Gasteiger partial charge in [-0.3, -0.25) is 0 Å². The number of ether oxygens (including phenoxy) is 1. The van der Waals surface area contributed by atoms with Crippen LogP contribution in [0.25, 0.3) is 21.5 Å². The summed E-state index contributed by atoms with van der Waals surface area (Å²) in [5, 5.41) is 40.7. The Hall–Kier alpha value is -6.03. The maximum atomic E-state index is 12.3. The highest BCUT2D eigenvalue weighted by Crippen LogP contribution is 2.44. The van der Waals surface area contributed by atoms with Gasteiger partial charge in [0.1, 0.15) is 53.2 Å². The van der Waals surface area contributed by atoms with Gasteiger partial charge in [0.15, 0.2) is 5.75 Å². The number of benzene rings is 6. The largest absolute Gasteiger partial charge is 0.744 e. The number of fused-ring (bicyclic) bond motifs is 2. The Kier molecular flexibility index (Phi) is 9.83. The van der Waals surface area contributed by atoms with Crippen molar-refractivity contribution in [3.8, 4) is 17.2 Å². The highest BCUT2D eigenvalue weighted by Gasteiger charge is 2.19. The van der Waals surface area contributed by atoms with Crippen LogP contribution < -0.4 is 10.1 Å². The van der Waals surface area contributed by atoms with Gasteiger partial charge in [-0.05, 0) is 90.0 Å². The molecule has 0 atom stereocenters. The van der Waals surface area contributed by atoms with E-state index in [1.165, 1.54) is 32.2 Å². The Balaban J connectivity index is 1.40. The van der Waals surface area contributed by atoms with Crippen molar-refractivity contribution in [1.29, 1.82) is 0 Å². The highest BCUT2D eigenvalue weighted by molar-refractivity contribution is 7.86. The van der Waals surface area contributed by atoms with E-state index in [0.717, 1.165) is 30.0 Å². The van der Waals surface area contributed by atoms with Crippen molar-refractivity contribution < 1.29 is 53.9 Å². The molecule has 54 heavy (non-hydrogen) atoms. The van der Waals surface area contributed by atoms with Gasteiger partial charge in [0.05, 0.1) is 38.6 Å². The molecule has 0 saturated carbocycles. The fourth-order valence-electron chi connectivity index (χ4n) is 5.41. The van der Waals surface area contributed by atoms with Gasteiger partial charge in [0.25, 0.3) is 0 Å². The molecular formula is C34H24N5O12S3-3. The van der Waals surface area contributed by atoms with E-state index in [-0.39, 0.29) is 44.4 Å². The predicted octanol–water partition coefficient (Wildman–Crippen LogP) is 7.01. The van der Waals surface area contributed by atoms with E-state index in [9.17, 15) is 49.1 Å². The van der Waals surface area contributed by atoms with Crippen LogP contribution in [-0.4, -0.2) is 56.2 Å². The van der Waals surface area contributed by atoms with Crippen molar-refractivity contribution in [1.82, 2.24) is 0 Å². The average molecular weight is 791 g/mol. The van der Waals surface area contributed by atoms with Gasteiger partial charge in [0, 0.05) is 22.8 Å². The molecule has 0 heterocycles. The minimum atomic E-state index is -5.19. The number of rotatable bonds is 10. The van der Waals surface area contributed by atoms with Crippen LogP contribution in [0.15, 0.2) is 126 Å². The monoisotopic (exact) mass is 790 g/mol. The lowest BCUT2D eigenvalue weighted by molar-refractivity contribution is 0.416. The molecule has 0 amide bonds. The second kappa shape index (κ2) is 14.1. The van der Waals surface area contributed by atoms with E-state index in [2.05, 4.69) is 25.8 Å². The standard InChI is InChI=1S/C34H27N5O12S3/c1-18-10-27(37-39-33-31(54(48,49)50)14-19-11-22(8-9-25(19)34(33)41)35-21-6-4-3-5-7-21)30(51-2)17-26(18)36-38-28-15-23(52(42,43)44)12-20-13-24(53(45,46)47)16-29(40)32(20)28/h3-17,35,40-41H,1-2H3,(H,42,43,44)(H,45,46,47)(H,48,49,50)/p-3. The number of phenols is 2. The smallest absolute Gasteiger partial charge is 0.152 e. The summed E-state index contributed by atoms with van der Waals surface area (Å²) in [7, 11) is -14.2. The van der Waals surface area contributed by atoms with Crippen LogP contribution in [-0.2, 0) is 30.4 Å². The van der Waals surface area contributed by atoms with Crippen LogP contribution in [0.4, 0.5) is 34.1 Å². The number of hydrogen-bond acceptors (Lipinski definition) is 17. The molecule has 0 aliphatic rings. The molecule has 278 valence electrons. The molecule has 0 saturated heterocycles. The molecule has 17 nitrogen and oxygen atoms in total. The number of nitrogens with one attached hydrogen (secondary N) is 1. The van der Waals surface area contributed by atoms with Gasteiger partial charge in [0.2, 0.25) is 0 Å². The Bertz CT molecular complexity index is 2900. The van der Waals surface area contributed by atoms with Gasteiger partial charge in [-0.25, -0.2) is 25.3 Å². The molecule has 6 rings (SSSR count). The lowest BCUT2D eigenvalue weighted by atomic mass is 10.1. The van der Waals surface area contributed by atoms with Gasteiger partial charge in [-0.1, -0.05) is 18.2 Å². The number of phenolic OH excluding ortho intramolecular Hbond substituents is 2. The summed E-state index contributed by atoms with van der Waals surface area (Å²) >= 11 is 0. The molecule has 0 aliphatic heterocycles. The predicted molar refractivity (Wildman–Crippen MR) is 191 cm³/mol. The molecule has 6 aromatic carbocycles. The number of aryl methyl sites for hydroxylation is 1. The summed E-state index contributed by atoms with van der Waals surface area (Å²) in [5.41, 5.74) is 0.669. The van der Waals surface area contributed by atoms with Crippen LogP contribution in [0.2, 0.25) is 0 Å². The fourth-order valence-corrected chi connectivity index (χ4v) is 7.11. The molecule has 0 fully saturated rings. The van der Waals surface area contributed by atoms with Crippen LogP contribution in [0.5, 0.6) is 17.2 Å². The van der Waals surface area contributed by atoms with E-state index >= 15 is 0 Å². The van der Waals surface area contributed by atoms with Crippen LogP contribution in [0, 0.1) is 6.92 Å². The third-order valence-corrected chi connectivity index (χ3v) is 10.4. The zero-order chi connectivity index (χ0) is 39.2. The van der Waals surface area contributed by atoms with Crippen LogP contribution in [0.1, 0.15) is 5.56 Å². The van der Waals surface area contributed by atoms with E-state index in [1.54, 1.807) is 12.1 Å². The van der Waals surface area contributed by atoms with Gasteiger partial charge in [-0.2, -0.15) is 5.11 Å². The quantitative estimate of drug-likeness (QED) is 0.0931. The molecule has 0 bridgehead atoms. The molecular weight excluding hydrogens is 767 g/mol. The minimum absolute atomic E-state index is 0.0148. The fraction of sp³-hybridized carbons (Fsp3) is 0.0588. The summed E-state index contributed by atoms with van der Waals surface area (Å²) in [6.45, 7) is 1.54. The van der Waals surface area contributed by atoms with Gasteiger partial charge in [-0.15, -0.1) is 15.3 Å². The first kappa shape index (κ1) is 37.7. The number of aromatic hydroxyl groups is 2. The highest BCUT2D eigenvalue weighted by atomic mass is 32.2. The molecule has 0 aromatic heterocycles. The number of hydrogen-bond donors (Lipinski definition) is 3. The topological polar surface area (TPSA) is 283 Å². The van der Waals surface area contributed by atoms with Gasteiger partial charge >= 0.3 is 0 Å². The minimum Gasteiger partial charge on any atom is -0.744 e.